The third kappa shape index (κ3) is 4.61. The molecule has 5 heterocycles. The van der Waals surface area contributed by atoms with Crippen LogP contribution in [-0.4, -0.2) is 38.0 Å². The Hall–Kier alpha value is -4.98. The Bertz CT molecular complexity index is 1820. The van der Waals surface area contributed by atoms with Gasteiger partial charge in [0.2, 0.25) is 0 Å². The van der Waals surface area contributed by atoms with Crippen LogP contribution in [0.25, 0.3) is 33.5 Å². The number of nitrogens with one attached hydrogen (secondary N) is 3. The predicted octanol–water partition coefficient (Wildman–Crippen LogP) is 6.88. The highest BCUT2D eigenvalue weighted by Crippen LogP contribution is 2.32. The van der Waals surface area contributed by atoms with E-state index in [9.17, 15) is 0 Å². The van der Waals surface area contributed by atoms with Crippen LogP contribution in [0.5, 0.6) is 0 Å². The average Bonchev–Trinajstić information content (AvgIpc) is 3.32. The van der Waals surface area contributed by atoms with Crippen molar-refractivity contribution in [3.63, 3.8) is 0 Å². The van der Waals surface area contributed by atoms with Gasteiger partial charge in [-0.25, -0.2) is 9.97 Å². The number of hydrogen-bond donors (Lipinski definition) is 3. The van der Waals surface area contributed by atoms with Crippen LogP contribution >= 0.6 is 0 Å². The van der Waals surface area contributed by atoms with E-state index in [1.807, 2.05) is 38.1 Å². The zero-order valence-corrected chi connectivity index (χ0v) is 21.9. The molecule has 192 valence electrons. The summed E-state index contributed by atoms with van der Waals surface area (Å²) >= 11 is 0. The number of pyridine rings is 3. The maximum absolute atomic E-state index is 4.76. The summed E-state index contributed by atoms with van der Waals surface area (Å²) in [6, 6.07) is 24.8. The Morgan fingerprint density at radius 2 is 1.64 bits per heavy atom. The molecule has 0 unspecified atom stereocenters. The Balaban J connectivity index is 1.13. The molecular formula is C31H28N8. The maximum Gasteiger partial charge on any atom is 0.180 e. The Labute approximate surface area is 226 Å². The van der Waals surface area contributed by atoms with Crippen molar-refractivity contribution < 1.29 is 0 Å². The number of aromatic amines is 1. The standard InChI is InChI=1S/C31H28N8/c1-19-16-23(12-13-32-19)35-29-11-10-27-31(37-29)38-30(36-27)21-4-6-22(7-5-21)34-28-17-20(2)33-26-9-8-24(18-25(26)28)39-14-3-15-39/h4-13,16-18H,3,14-15H2,1-2H3,(H,33,34)(H2,32,35,36,37,38). The molecule has 0 spiro atoms. The molecule has 7 rings (SSSR count). The third-order valence-corrected chi connectivity index (χ3v) is 7.09. The number of anilines is 5. The predicted molar refractivity (Wildman–Crippen MR) is 158 cm³/mol. The second-order valence-electron chi connectivity index (χ2n) is 10.0. The lowest BCUT2D eigenvalue weighted by atomic mass is 10.1. The first-order chi connectivity index (χ1) is 19.1. The number of aromatic nitrogens is 5. The van der Waals surface area contributed by atoms with Crippen molar-refractivity contribution in [2.24, 2.45) is 0 Å². The number of imidazole rings is 1. The molecule has 8 heteroatoms. The minimum atomic E-state index is 0.666. The first-order valence-corrected chi connectivity index (χ1v) is 13.2. The smallest absolute Gasteiger partial charge is 0.180 e. The van der Waals surface area contributed by atoms with E-state index in [1.54, 1.807) is 6.20 Å². The van der Waals surface area contributed by atoms with Crippen molar-refractivity contribution in [3.05, 3.63) is 90.4 Å². The minimum Gasteiger partial charge on any atom is -0.371 e. The van der Waals surface area contributed by atoms with Crippen LogP contribution < -0.4 is 15.5 Å². The molecule has 0 atom stereocenters. The highest BCUT2D eigenvalue weighted by Gasteiger charge is 2.16. The molecule has 0 radical (unpaired) electrons. The fourth-order valence-electron chi connectivity index (χ4n) is 4.96. The van der Waals surface area contributed by atoms with Gasteiger partial charge in [0.25, 0.3) is 0 Å². The summed E-state index contributed by atoms with van der Waals surface area (Å²) in [4.78, 5) is 24.2. The second kappa shape index (κ2) is 9.40. The fourth-order valence-corrected chi connectivity index (χ4v) is 4.96. The first kappa shape index (κ1) is 23.2. The summed E-state index contributed by atoms with van der Waals surface area (Å²) in [5.41, 5.74) is 9.76. The van der Waals surface area contributed by atoms with Crippen LogP contribution in [0.15, 0.2) is 79.0 Å². The van der Waals surface area contributed by atoms with E-state index in [0.717, 1.165) is 75.2 Å². The van der Waals surface area contributed by atoms with Crippen molar-refractivity contribution in [2.45, 2.75) is 20.3 Å². The van der Waals surface area contributed by atoms with E-state index in [1.165, 1.54) is 12.1 Å². The zero-order valence-electron chi connectivity index (χ0n) is 21.9. The topological polar surface area (TPSA) is 94.7 Å². The van der Waals surface area contributed by atoms with Crippen LogP contribution in [0.1, 0.15) is 17.8 Å². The van der Waals surface area contributed by atoms with Crippen LogP contribution in [0.2, 0.25) is 0 Å². The normalized spacial score (nSPS) is 13.0. The summed E-state index contributed by atoms with van der Waals surface area (Å²) in [6.45, 7) is 6.24. The molecule has 1 saturated heterocycles. The molecule has 39 heavy (non-hydrogen) atoms. The van der Waals surface area contributed by atoms with Gasteiger partial charge in [-0.1, -0.05) is 0 Å². The molecule has 0 bridgehead atoms. The van der Waals surface area contributed by atoms with E-state index < -0.39 is 0 Å². The lowest BCUT2D eigenvalue weighted by Crippen LogP contribution is -2.36. The molecule has 4 aromatic heterocycles. The van der Waals surface area contributed by atoms with Crippen molar-refractivity contribution in [2.75, 3.05) is 28.6 Å². The van der Waals surface area contributed by atoms with Gasteiger partial charge in [0.15, 0.2) is 5.65 Å². The van der Waals surface area contributed by atoms with Crippen LogP contribution in [0, 0.1) is 13.8 Å². The number of benzene rings is 2. The van der Waals surface area contributed by atoms with Crippen LogP contribution in [-0.2, 0) is 0 Å². The maximum atomic E-state index is 4.76. The minimum absolute atomic E-state index is 0.666. The summed E-state index contributed by atoms with van der Waals surface area (Å²) in [7, 11) is 0. The van der Waals surface area contributed by atoms with E-state index >= 15 is 0 Å². The van der Waals surface area contributed by atoms with Gasteiger partial charge in [0.1, 0.15) is 11.6 Å². The van der Waals surface area contributed by atoms with Gasteiger partial charge in [0.05, 0.1) is 11.0 Å². The Kier molecular flexibility index (Phi) is 5.58. The number of aryl methyl sites for hydroxylation is 2. The van der Waals surface area contributed by atoms with Crippen molar-refractivity contribution in [1.82, 2.24) is 24.9 Å². The quantitative estimate of drug-likeness (QED) is 0.224. The summed E-state index contributed by atoms with van der Waals surface area (Å²) in [6.07, 6.45) is 3.04. The molecule has 1 aliphatic heterocycles. The third-order valence-electron chi connectivity index (χ3n) is 7.09. The number of hydrogen-bond acceptors (Lipinski definition) is 7. The molecule has 8 nitrogen and oxygen atoms in total. The van der Waals surface area contributed by atoms with E-state index in [2.05, 4.69) is 74.0 Å². The van der Waals surface area contributed by atoms with Gasteiger partial charge in [-0.05, 0) is 93.1 Å². The molecule has 6 aromatic rings. The molecule has 0 amide bonds. The lowest BCUT2D eigenvalue weighted by Gasteiger charge is -2.33. The van der Waals surface area contributed by atoms with Gasteiger partial charge >= 0.3 is 0 Å². The molecule has 1 fully saturated rings. The zero-order chi connectivity index (χ0) is 26.3. The number of nitrogens with zero attached hydrogens (tertiary/aromatic N) is 5. The highest BCUT2D eigenvalue weighted by molar-refractivity contribution is 5.95. The fraction of sp³-hybridized carbons (Fsp3) is 0.161. The molecule has 0 saturated carbocycles. The van der Waals surface area contributed by atoms with E-state index in [4.69, 9.17) is 15.0 Å². The number of fused-ring (bicyclic) bond motifs is 2. The van der Waals surface area contributed by atoms with Crippen LogP contribution in [0.3, 0.4) is 0 Å². The summed E-state index contributed by atoms with van der Waals surface area (Å²) in [5.74, 6) is 1.52. The van der Waals surface area contributed by atoms with Crippen molar-refractivity contribution in [1.29, 1.82) is 0 Å². The molecule has 0 aliphatic carbocycles. The van der Waals surface area contributed by atoms with Crippen molar-refractivity contribution in [3.8, 4) is 11.4 Å². The lowest BCUT2D eigenvalue weighted by molar-refractivity contribution is 0.618. The summed E-state index contributed by atoms with van der Waals surface area (Å²) in [5, 5.41) is 8.07. The monoisotopic (exact) mass is 512 g/mol. The van der Waals surface area contributed by atoms with Crippen LogP contribution in [0.4, 0.5) is 28.6 Å². The molecule has 1 aliphatic rings. The van der Waals surface area contributed by atoms with Gasteiger partial charge in [0, 0.05) is 64.4 Å². The Morgan fingerprint density at radius 1 is 0.769 bits per heavy atom. The molecular weight excluding hydrogens is 484 g/mol. The van der Waals surface area contributed by atoms with Gasteiger partial charge in [-0.2, -0.15) is 0 Å². The molecule has 3 N–H and O–H groups in total. The first-order valence-electron chi connectivity index (χ1n) is 13.2. The second-order valence-corrected chi connectivity index (χ2v) is 10.0. The average molecular weight is 513 g/mol. The van der Waals surface area contributed by atoms with Gasteiger partial charge in [-0.15, -0.1) is 0 Å². The largest absolute Gasteiger partial charge is 0.371 e. The van der Waals surface area contributed by atoms with E-state index in [-0.39, 0.29) is 0 Å². The Morgan fingerprint density at radius 3 is 2.44 bits per heavy atom. The number of H-pyrrole nitrogens is 1. The van der Waals surface area contributed by atoms with Crippen molar-refractivity contribution >= 4 is 50.6 Å². The molecule has 2 aromatic carbocycles. The SMILES string of the molecule is Cc1cc(Nc2ccc3[nH]c(-c4ccc(Nc5cc(C)nc6ccc(N7CCC7)cc56)cc4)nc3n2)ccn1. The summed E-state index contributed by atoms with van der Waals surface area (Å²) < 4.78 is 0. The van der Waals surface area contributed by atoms with Gasteiger partial charge in [-0.3, -0.25) is 9.97 Å². The van der Waals surface area contributed by atoms with E-state index in [0.29, 0.717) is 5.65 Å². The highest BCUT2D eigenvalue weighted by atomic mass is 15.2. The number of rotatable bonds is 6. The van der Waals surface area contributed by atoms with Gasteiger partial charge < -0.3 is 20.5 Å².